The summed E-state index contributed by atoms with van der Waals surface area (Å²) in [6.45, 7) is 4.08. The van der Waals surface area contributed by atoms with Crippen molar-refractivity contribution in [3.8, 4) is 0 Å². The van der Waals surface area contributed by atoms with Crippen molar-refractivity contribution < 1.29 is 14.3 Å². The molecule has 2 rings (SSSR count). The van der Waals surface area contributed by atoms with Crippen LogP contribution < -0.4 is 5.32 Å². The number of halogens is 1. The van der Waals surface area contributed by atoms with Gasteiger partial charge in [0, 0.05) is 13.1 Å². The Hall–Kier alpha value is -0.950. The fourth-order valence-electron chi connectivity index (χ4n) is 2.09. The van der Waals surface area contributed by atoms with E-state index in [0.29, 0.717) is 35.5 Å². The summed E-state index contributed by atoms with van der Waals surface area (Å²) < 4.78 is 5.93. The van der Waals surface area contributed by atoms with Gasteiger partial charge in [-0.1, -0.05) is 11.6 Å². The topological polar surface area (TPSA) is 58.6 Å². The molecule has 1 aliphatic rings. The van der Waals surface area contributed by atoms with Crippen LogP contribution in [0.3, 0.4) is 0 Å². The number of ether oxygens (including phenoxy) is 1. The van der Waals surface area contributed by atoms with Crippen molar-refractivity contribution in [1.82, 2.24) is 10.2 Å². The monoisotopic (exact) mass is 316 g/mol. The van der Waals surface area contributed by atoms with E-state index in [9.17, 15) is 9.59 Å². The molecular weight excluding hydrogens is 300 g/mol. The molecule has 1 aromatic rings. The number of morpholine rings is 1. The molecule has 5 nitrogen and oxygen atoms in total. The van der Waals surface area contributed by atoms with Crippen LogP contribution in [-0.4, -0.2) is 55.5 Å². The van der Waals surface area contributed by atoms with Crippen LogP contribution in [0, 0.1) is 0 Å². The van der Waals surface area contributed by atoms with Crippen LogP contribution in [0.2, 0.25) is 4.34 Å². The van der Waals surface area contributed by atoms with Crippen LogP contribution in [-0.2, 0) is 9.53 Å². The number of carbonyl (C=O) groups excluding carboxylic acids is 2. The first-order valence-electron chi connectivity index (χ1n) is 6.50. The first-order chi connectivity index (χ1) is 9.61. The van der Waals surface area contributed by atoms with Gasteiger partial charge in [-0.2, -0.15) is 0 Å². The predicted molar refractivity (Wildman–Crippen MR) is 78.5 cm³/mol. The molecule has 1 saturated heterocycles. The van der Waals surface area contributed by atoms with Crippen LogP contribution >= 0.6 is 22.9 Å². The number of nitrogens with zero attached hydrogens (tertiary/aromatic N) is 1. The zero-order valence-electron chi connectivity index (χ0n) is 11.2. The van der Waals surface area contributed by atoms with Gasteiger partial charge in [-0.3, -0.25) is 14.5 Å². The fourth-order valence-corrected chi connectivity index (χ4v) is 3.06. The molecule has 1 N–H and O–H groups in total. The SMILES string of the molecule is CCNC(=O)C1COCCN1CC(=O)c1ccc(Cl)s1. The largest absolute Gasteiger partial charge is 0.378 e. The molecule has 7 heteroatoms. The molecule has 1 unspecified atom stereocenters. The Morgan fingerprint density at radius 2 is 2.35 bits per heavy atom. The van der Waals surface area contributed by atoms with Gasteiger partial charge in [-0.05, 0) is 19.1 Å². The van der Waals surface area contributed by atoms with Crippen molar-refractivity contribution in [2.45, 2.75) is 13.0 Å². The number of carbonyl (C=O) groups is 2. The minimum Gasteiger partial charge on any atom is -0.378 e. The number of thiophene rings is 1. The first kappa shape index (κ1) is 15.4. The average Bonchev–Trinajstić information content (AvgIpc) is 2.86. The maximum Gasteiger partial charge on any atom is 0.239 e. The van der Waals surface area contributed by atoms with Gasteiger partial charge in [0.1, 0.15) is 6.04 Å². The number of Topliss-reactive ketones (excluding diaryl/α,β-unsaturated/α-hetero) is 1. The Morgan fingerprint density at radius 1 is 1.55 bits per heavy atom. The van der Waals surface area contributed by atoms with E-state index in [-0.39, 0.29) is 18.2 Å². The summed E-state index contributed by atoms with van der Waals surface area (Å²) in [5.41, 5.74) is 0. The van der Waals surface area contributed by atoms with E-state index in [1.54, 1.807) is 12.1 Å². The van der Waals surface area contributed by atoms with E-state index in [1.165, 1.54) is 11.3 Å². The quantitative estimate of drug-likeness (QED) is 0.835. The van der Waals surface area contributed by atoms with E-state index >= 15 is 0 Å². The Morgan fingerprint density at radius 3 is 3.00 bits per heavy atom. The van der Waals surface area contributed by atoms with E-state index in [0.717, 1.165) is 0 Å². The second-order valence-electron chi connectivity index (χ2n) is 4.48. The fraction of sp³-hybridized carbons (Fsp3) is 0.538. The molecule has 1 aromatic heterocycles. The maximum atomic E-state index is 12.2. The number of likely N-dealkylation sites (N-methyl/N-ethyl adjacent to an activating group) is 1. The zero-order valence-corrected chi connectivity index (χ0v) is 12.8. The van der Waals surface area contributed by atoms with Crippen LogP contribution in [0.5, 0.6) is 0 Å². The van der Waals surface area contributed by atoms with Crippen molar-refractivity contribution >= 4 is 34.6 Å². The summed E-state index contributed by atoms with van der Waals surface area (Å²) >= 11 is 7.10. The molecule has 0 aliphatic carbocycles. The molecule has 0 saturated carbocycles. The number of hydrogen-bond acceptors (Lipinski definition) is 5. The summed E-state index contributed by atoms with van der Waals surface area (Å²) in [6, 6.07) is 3.03. The first-order valence-corrected chi connectivity index (χ1v) is 7.69. The number of hydrogen-bond donors (Lipinski definition) is 1. The third-order valence-corrected chi connectivity index (χ3v) is 4.36. The Balaban J connectivity index is 2.01. The maximum absolute atomic E-state index is 12.2. The van der Waals surface area contributed by atoms with Crippen LogP contribution in [0.4, 0.5) is 0 Å². The molecule has 20 heavy (non-hydrogen) atoms. The van der Waals surface area contributed by atoms with Gasteiger partial charge in [0.25, 0.3) is 0 Å². The average molecular weight is 317 g/mol. The van der Waals surface area contributed by atoms with Gasteiger partial charge < -0.3 is 10.1 Å². The standard InChI is InChI=1S/C13H17ClN2O3S/c1-2-15-13(18)9-8-19-6-5-16(9)7-10(17)11-3-4-12(14)20-11/h3-4,9H,2,5-8H2,1H3,(H,15,18). The minimum atomic E-state index is -0.400. The van der Waals surface area contributed by atoms with Gasteiger partial charge in [0.05, 0.1) is 29.0 Å². The lowest BCUT2D eigenvalue weighted by atomic mass is 10.2. The van der Waals surface area contributed by atoms with Crippen LogP contribution in [0.25, 0.3) is 0 Å². The molecule has 1 fully saturated rings. The lowest BCUT2D eigenvalue weighted by Gasteiger charge is -2.33. The molecule has 2 heterocycles. The second kappa shape index (κ2) is 7.17. The lowest BCUT2D eigenvalue weighted by molar-refractivity contribution is -0.131. The molecule has 0 bridgehead atoms. The zero-order chi connectivity index (χ0) is 14.5. The van der Waals surface area contributed by atoms with Gasteiger partial charge in [-0.25, -0.2) is 0 Å². The van der Waals surface area contributed by atoms with E-state index in [2.05, 4.69) is 5.32 Å². The summed E-state index contributed by atoms with van der Waals surface area (Å²) in [5, 5.41) is 2.77. The predicted octanol–water partition coefficient (Wildman–Crippen LogP) is 1.42. The molecule has 1 amide bonds. The molecule has 0 radical (unpaired) electrons. The summed E-state index contributed by atoms with van der Waals surface area (Å²) in [7, 11) is 0. The van der Waals surface area contributed by atoms with Crippen molar-refractivity contribution in [2.75, 3.05) is 32.8 Å². The Labute approximate surface area is 126 Å². The van der Waals surface area contributed by atoms with Crippen molar-refractivity contribution in [1.29, 1.82) is 0 Å². The molecule has 1 atom stereocenters. The van der Waals surface area contributed by atoms with E-state index in [1.807, 2.05) is 11.8 Å². The molecule has 1 aliphatic heterocycles. The minimum absolute atomic E-state index is 0.0156. The van der Waals surface area contributed by atoms with Crippen molar-refractivity contribution in [2.24, 2.45) is 0 Å². The molecule has 0 spiro atoms. The second-order valence-corrected chi connectivity index (χ2v) is 6.20. The highest BCUT2D eigenvalue weighted by atomic mass is 35.5. The third kappa shape index (κ3) is 3.79. The summed E-state index contributed by atoms with van der Waals surface area (Å²) in [5.74, 6) is -0.109. The van der Waals surface area contributed by atoms with Crippen molar-refractivity contribution in [3.05, 3.63) is 21.3 Å². The number of ketones is 1. The highest BCUT2D eigenvalue weighted by molar-refractivity contribution is 7.18. The lowest BCUT2D eigenvalue weighted by Crippen LogP contribution is -2.55. The van der Waals surface area contributed by atoms with Gasteiger partial charge in [0.2, 0.25) is 5.91 Å². The number of nitrogens with one attached hydrogen (secondary N) is 1. The smallest absolute Gasteiger partial charge is 0.239 e. The molecule has 0 aromatic carbocycles. The highest BCUT2D eigenvalue weighted by Crippen LogP contribution is 2.22. The summed E-state index contributed by atoms with van der Waals surface area (Å²) in [4.78, 5) is 26.6. The van der Waals surface area contributed by atoms with E-state index < -0.39 is 6.04 Å². The third-order valence-electron chi connectivity index (χ3n) is 3.09. The Bertz CT molecular complexity index is 492. The summed E-state index contributed by atoms with van der Waals surface area (Å²) in [6.07, 6.45) is 0. The van der Waals surface area contributed by atoms with Gasteiger partial charge in [0.15, 0.2) is 5.78 Å². The number of amides is 1. The number of rotatable bonds is 5. The van der Waals surface area contributed by atoms with E-state index in [4.69, 9.17) is 16.3 Å². The molecular formula is C13H17ClN2O3S. The van der Waals surface area contributed by atoms with Gasteiger partial charge >= 0.3 is 0 Å². The van der Waals surface area contributed by atoms with Gasteiger partial charge in [-0.15, -0.1) is 11.3 Å². The normalized spacial score (nSPS) is 19.8. The molecule has 110 valence electrons. The van der Waals surface area contributed by atoms with Crippen molar-refractivity contribution in [3.63, 3.8) is 0 Å². The highest BCUT2D eigenvalue weighted by Gasteiger charge is 2.30. The van der Waals surface area contributed by atoms with Crippen LogP contribution in [0.1, 0.15) is 16.6 Å². The Kier molecular flexibility index (Phi) is 5.54. The van der Waals surface area contributed by atoms with Crippen LogP contribution in [0.15, 0.2) is 12.1 Å².